The standard InChI is InChI=1S/C18H29NO2/c1-16(2,3)12-10-11-13(19(20)21)15(18(7,8)9)14(12)17(4,5)6/h10-11H,1-9H3. The highest BCUT2D eigenvalue weighted by Gasteiger charge is 2.36. The summed E-state index contributed by atoms with van der Waals surface area (Å²) < 4.78 is 0. The van der Waals surface area contributed by atoms with Crippen LogP contribution in [0.3, 0.4) is 0 Å². The molecule has 0 aliphatic rings. The zero-order valence-corrected chi connectivity index (χ0v) is 14.9. The molecule has 0 radical (unpaired) electrons. The number of hydrogen-bond donors (Lipinski definition) is 0. The molecule has 0 spiro atoms. The Hall–Kier alpha value is -1.38. The van der Waals surface area contributed by atoms with Crippen LogP contribution >= 0.6 is 0 Å². The number of nitro groups is 1. The van der Waals surface area contributed by atoms with Gasteiger partial charge in [-0.2, -0.15) is 0 Å². The van der Waals surface area contributed by atoms with Gasteiger partial charge in [-0.25, -0.2) is 0 Å². The minimum absolute atomic E-state index is 0.0439. The predicted molar refractivity (Wildman–Crippen MR) is 89.2 cm³/mol. The molecule has 0 fully saturated rings. The van der Waals surface area contributed by atoms with Gasteiger partial charge in [0.15, 0.2) is 0 Å². The van der Waals surface area contributed by atoms with Crippen molar-refractivity contribution in [1.29, 1.82) is 0 Å². The SMILES string of the molecule is CC(C)(C)c1ccc([N+](=O)[O-])c(C(C)(C)C)c1C(C)(C)C. The van der Waals surface area contributed by atoms with Crippen LogP contribution in [0.25, 0.3) is 0 Å². The van der Waals surface area contributed by atoms with Gasteiger partial charge in [-0.1, -0.05) is 68.4 Å². The minimum atomic E-state index is -0.272. The molecule has 1 aromatic carbocycles. The highest BCUT2D eigenvalue weighted by Crippen LogP contribution is 2.44. The largest absolute Gasteiger partial charge is 0.273 e. The zero-order valence-electron chi connectivity index (χ0n) is 14.9. The van der Waals surface area contributed by atoms with Crippen molar-refractivity contribution < 1.29 is 4.92 Å². The van der Waals surface area contributed by atoms with Crippen LogP contribution in [-0.2, 0) is 16.2 Å². The van der Waals surface area contributed by atoms with Crippen molar-refractivity contribution >= 4 is 5.69 Å². The van der Waals surface area contributed by atoms with E-state index in [0.29, 0.717) is 0 Å². The third kappa shape index (κ3) is 3.63. The van der Waals surface area contributed by atoms with Crippen LogP contribution in [0.1, 0.15) is 79.0 Å². The summed E-state index contributed by atoms with van der Waals surface area (Å²) in [6.07, 6.45) is 0. The van der Waals surface area contributed by atoms with E-state index in [2.05, 4.69) is 62.3 Å². The highest BCUT2D eigenvalue weighted by atomic mass is 16.6. The van der Waals surface area contributed by atoms with Crippen molar-refractivity contribution in [1.82, 2.24) is 0 Å². The quantitative estimate of drug-likeness (QED) is 0.507. The molecule has 0 aliphatic carbocycles. The minimum Gasteiger partial charge on any atom is -0.258 e. The first-order chi connectivity index (χ1) is 9.17. The molecule has 1 aromatic rings. The first kappa shape index (κ1) is 17.7. The topological polar surface area (TPSA) is 43.1 Å². The molecular weight excluding hydrogens is 262 g/mol. The fourth-order valence-electron chi connectivity index (χ4n) is 2.91. The first-order valence-corrected chi connectivity index (χ1v) is 7.50. The van der Waals surface area contributed by atoms with Crippen LogP contribution in [0.2, 0.25) is 0 Å². The highest BCUT2D eigenvalue weighted by molar-refractivity contribution is 5.57. The lowest BCUT2D eigenvalue weighted by atomic mass is 9.68. The Morgan fingerprint density at radius 3 is 1.48 bits per heavy atom. The van der Waals surface area contributed by atoms with Gasteiger partial charge in [0.05, 0.1) is 4.92 Å². The molecule has 0 bridgehead atoms. The lowest BCUT2D eigenvalue weighted by Gasteiger charge is -2.35. The van der Waals surface area contributed by atoms with Gasteiger partial charge < -0.3 is 0 Å². The fraction of sp³-hybridized carbons (Fsp3) is 0.667. The second-order valence-corrected chi connectivity index (χ2v) is 8.89. The second kappa shape index (κ2) is 5.11. The van der Waals surface area contributed by atoms with Crippen LogP contribution in [0, 0.1) is 10.1 Å². The molecule has 0 atom stereocenters. The number of benzene rings is 1. The molecule has 3 nitrogen and oxygen atoms in total. The monoisotopic (exact) mass is 291 g/mol. The van der Waals surface area contributed by atoms with Gasteiger partial charge in [0.2, 0.25) is 0 Å². The Morgan fingerprint density at radius 1 is 0.762 bits per heavy atom. The van der Waals surface area contributed by atoms with Crippen molar-refractivity contribution in [2.45, 2.75) is 78.6 Å². The van der Waals surface area contributed by atoms with Crippen molar-refractivity contribution in [3.63, 3.8) is 0 Å². The van der Waals surface area contributed by atoms with Gasteiger partial charge in [0.1, 0.15) is 0 Å². The lowest BCUT2D eigenvalue weighted by molar-refractivity contribution is -0.386. The van der Waals surface area contributed by atoms with E-state index in [0.717, 1.165) is 11.1 Å². The molecule has 0 saturated carbocycles. The van der Waals surface area contributed by atoms with Crippen molar-refractivity contribution in [2.24, 2.45) is 0 Å². The van der Waals surface area contributed by atoms with E-state index in [1.165, 1.54) is 5.56 Å². The van der Waals surface area contributed by atoms with E-state index in [1.807, 2.05) is 6.07 Å². The van der Waals surface area contributed by atoms with E-state index < -0.39 is 0 Å². The van der Waals surface area contributed by atoms with Crippen molar-refractivity contribution in [3.05, 3.63) is 38.9 Å². The normalized spacial score (nSPS) is 13.4. The summed E-state index contributed by atoms with van der Waals surface area (Å²) in [5, 5.41) is 11.5. The van der Waals surface area contributed by atoms with Gasteiger partial charge >= 0.3 is 0 Å². The summed E-state index contributed by atoms with van der Waals surface area (Å²) >= 11 is 0. The molecule has 118 valence electrons. The molecule has 0 unspecified atom stereocenters. The molecule has 0 saturated heterocycles. The van der Waals surface area contributed by atoms with Gasteiger partial charge in [-0.05, 0) is 27.4 Å². The Morgan fingerprint density at radius 2 is 1.19 bits per heavy atom. The number of hydrogen-bond acceptors (Lipinski definition) is 2. The Labute approximate surface area is 128 Å². The maximum absolute atomic E-state index is 11.5. The first-order valence-electron chi connectivity index (χ1n) is 7.50. The molecular formula is C18H29NO2. The van der Waals surface area contributed by atoms with Crippen molar-refractivity contribution in [2.75, 3.05) is 0 Å². The Kier molecular flexibility index (Phi) is 4.30. The summed E-state index contributed by atoms with van der Waals surface area (Å²) in [5.41, 5.74) is 2.97. The van der Waals surface area contributed by atoms with Gasteiger partial charge in [0.25, 0.3) is 5.69 Å². The summed E-state index contributed by atoms with van der Waals surface area (Å²) in [7, 11) is 0. The summed E-state index contributed by atoms with van der Waals surface area (Å²) in [5.74, 6) is 0. The average Bonchev–Trinajstić information content (AvgIpc) is 2.23. The zero-order chi connectivity index (χ0) is 16.8. The molecule has 21 heavy (non-hydrogen) atoms. The van der Waals surface area contributed by atoms with E-state index in [9.17, 15) is 10.1 Å². The molecule has 0 amide bonds. The van der Waals surface area contributed by atoms with Crippen LogP contribution in [0.5, 0.6) is 0 Å². The van der Waals surface area contributed by atoms with Crippen LogP contribution < -0.4 is 0 Å². The van der Waals surface area contributed by atoms with Gasteiger partial charge in [0, 0.05) is 11.6 Å². The fourth-order valence-corrected chi connectivity index (χ4v) is 2.91. The van der Waals surface area contributed by atoms with E-state index in [4.69, 9.17) is 0 Å². The summed E-state index contributed by atoms with van der Waals surface area (Å²) in [4.78, 5) is 11.3. The molecule has 1 rings (SSSR count). The van der Waals surface area contributed by atoms with Crippen LogP contribution in [-0.4, -0.2) is 4.92 Å². The maximum Gasteiger partial charge on any atom is 0.273 e. The molecule has 0 aliphatic heterocycles. The van der Waals surface area contributed by atoms with E-state index >= 15 is 0 Å². The Balaban J connectivity index is 3.98. The maximum atomic E-state index is 11.5. The van der Waals surface area contributed by atoms with Crippen LogP contribution in [0.15, 0.2) is 12.1 Å². The predicted octanol–water partition coefficient (Wildman–Crippen LogP) is 5.49. The third-order valence-electron chi connectivity index (χ3n) is 3.69. The summed E-state index contributed by atoms with van der Waals surface area (Å²) in [6, 6.07) is 3.62. The number of nitrogens with zero attached hydrogens (tertiary/aromatic N) is 1. The van der Waals surface area contributed by atoms with E-state index in [-0.39, 0.29) is 26.9 Å². The number of rotatable bonds is 1. The van der Waals surface area contributed by atoms with Gasteiger partial charge in [-0.15, -0.1) is 0 Å². The summed E-state index contributed by atoms with van der Waals surface area (Å²) in [6.45, 7) is 19.1. The van der Waals surface area contributed by atoms with Gasteiger partial charge in [-0.3, -0.25) is 10.1 Å². The Bertz CT molecular complexity index is 552. The second-order valence-electron chi connectivity index (χ2n) is 8.89. The average molecular weight is 291 g/mol. The molecule has 3 heteroatoms. The third-order valence-corrected chi connectivity index (χ3v) is 3.69. The lowest BCUT2D eigenvalue weighted by Crippen LogP contribution is -2.29. The molecule has 0 N–H and O–H groups in total. The number of nitro benzene ring substituents is 1. The van der Waals surface area contributed by atoms with Crippen molar-refractivity contribution in [3.8, 4) is 0 Å². The van der Waals surface area contributed by atoms with E-state index in [1.54, 1.807) is 6.07 Å². The molecule has 0 heterocycles. The van der Waals surface area contributed by atoms with Crippen LogP contribution in [0.4, 0.5) is 5.69 Å². The molecule has 0 aromatic heterocycles. The smallest absolute Gasteiger partial charge is 0.258 e.